The van der Waals surface area contributed by atoms with Crippen LogP contribution in [-0.2, 0) is 0 Å². The molecule has 1 aromatic rings. The van der Waals surface area contributed by atoms with Crippen molar-refractivity contribution in [1.82, 2.24) is 5.32 Å². The Bertz CT molecular complexity index is 218. The van der Waals surface area contributed by atoms with E-state index in [4.69, 9.17) is 11.6 Å². The van der Waals surface area contributed by atoms with E-state index >= 15 is 0 Å². The maximum absolute atomic E-state index is 5.72. The SMILES string of the molecule is [CH2]NC(C)c1ccc(Cl)cc1. The largest absolute Gasteiger partial charge is 0.309 e. The van der Waals surface area contributed by atoms with Crippen molar-refractivity contribution in [1.29, 1.82) is 0 Å². The first kappa shape index (κ1) is 8.57. The standard InChI is InChI=1S/C9H11ClN/c1-7(11-2)8-3-5-9(10)6-4-8/h3-7,11H,2H2,1H3. The monoisotopic (exact) mass is 168 g/mol. The van der Waals surface area contributed by atoms with Crippen LogP contribution in [0.2, 0.25) is 5.02 Å². The fraction of sp³-hybridized carbons (Fsp3) is 0.222. The Morgan fingerprint density at radius 3 is 2.36 bits per heavy atom. The molecule has 0 heterocycles. The lowest BCUT2D eigenvalue weighted by Crippen LogP contribution is -2.09. The van der Waals surface area contributed by atoms with Crippen LogP contribution in [0, 0.1) is 7.05 Å². The predicted molar refractivity (Wildman–Crippen MR) is 48.4 cm³/mol. The maximum Gasteiger partial charge on any atom is 0.0406 e. The second-order valence-corrected chi connectivity index (χ2v) is 2.91. The van der Waals surface area contributed by atoms with Gasteiger partial charge in [-0.1, -0.05) is 23.7 Å². The molecule has 1 unspecified atom stereocenters. The first-order valence-corrected chi connectivity index (χ1v) is 3.90. The molecule has 0 bridgehead atoms. The van der Waals surface area contributed by atoms with Crippen molar-refractivity contribution in [2.75, 3.05) is 0 Å². The van der Waals surface area contributed by atoms with Gasteiger partial charge in [0.25, 0.3) is 0 Å². The number of nitrogens with one attached hydrogen (secondary N) is 1. The first-order chi connectivity index (χ1) is 5.24. The molecular formula is C9H11ClN. The highest BCUT2D eigenvalue weighted by Gasteiger charge is 1.99. The number of hydrogen-bond donors (Lipinski definition) is 1. The highest BCUT2D eigenvalue weighted by molar-refractivity contribution is 6.30. The molecule has 0 aliphatic heterocycles. The van der Waals surface area contributed by atoms with Crippen molar-refractivity contribution in [2.24, 2.45) is 0 Å². The number of hydrogen-bond acceptors (Lipinski definition) is 1. The van der Waals surface area contributed by atoms with E-state index in [0.29, 0.717) is 0 Å². The van der Waals surface area contributed by atoms with Gasteiger partial charge in [-0.2, -0.15) is 0 Å². The average molecular weight is 169 g/mol. The molecule has 0 amide bonds. The fourth-order valence-electron chi connectivity index (χ4n) is 0.869. The van der Waals surface area contributed by atoms with Crippen LogP contribution in [0.25, 0.3) is 0 Å². The number of benzene rings is 1. The van der Waals surface area contributed by atoms with Gasteiger partial charge < -0.3 is 5.32 Å². The van der Waals surface area contributed by atoms with Gasteiger partial charge in [0, 0.05) is 18.1 Å². The highest BCUT2D eigenvalue weighted by atomic mass is 35.5. The third-order valence-corrected chi connectivity index (χ3v) is 1.93. The van der Waals surface area contributed by atoms with Gasteiger partial charge in [0.05, 0.1) is 0 Å². The Morgan fingerprint density at radius 2 is 1.91 bits per heavy atom. The summed E-state index contributed by atoms with van der Waals surface area (Å²) in [6.45, 7) is 2.05. The summed E-state index contributed by atoms with van der Waals surface area (Å²) in [6.07, 6.45) is 0. The molecule has 0 saturated heterocycles. The van der Waals surface area contributed by atoms with Gasteiger partial charge in [-0.25, -0.2) is 0 Å². The lowest BCUT2D eigenvalue weighted by molar-refractivity contribution is 0.683. The third-order valence-electron chi connectivity index (χ3n) is 1.68. The lowest BCUT2D eigenvalue weighted by atomic mass is 10.1. The van der Waals surface area contributed by atoms with E-state index in [1.165, 1.54) is 5.56 Å². The lowest BCUT2D eigenvalue weighted by Gasteiger charge is -2.09. The number of halogens is 1. The van der Waals surface area contributed by atoms with Crippen LogP contribution in [0.5, 0.6) is 0 Å². The summed E-state index contributed by atoms with van der Waals surface area (Å²) in [7, 11) is 3.60. The normalized spacial score (nSPS) is 13.0. The first-order valence-electron chi connectivity index (χ1n) is 3.52. The van der Waals surface area contributed by atoms with E-state index < -0.39 is 0 Å². The van der Waals surface area contributed by atoms with Crippen molar-refractivity contribution in [3.63, 3.8) is 0 Å². The van der Waals surface area contributed by atoms with Gasteiger partial charge in [-0.3, -0.25) is 0 Å². The average Bonchev–Trinajstić information content (AvgIpc) is 2.05. The van der Waals surface area contributed by atoms with Crippen molar-refractivity contribution < 1.29 is 0 Å². The molecule has 1 aromatic carbocycles. The summed E-state index contributed by atoms with van der Waals surface area (Å²) < 4.78 is 0. The molecule has 0 aromatic heterocycles. The van der Waals surface area contributed by atoms with Gasteiger partial charge in [-0.15, -0.1) is 0 Å². The maximum atomic E-state index is 5.72. The van der Waals surface area contributed by atoms with Gasteiger partial charge in [-0.05, 0) is 24.6 Å². The second kappa shape index (κ2) is 3.74. The molecular weight excluding hydrogens is 158 g/mol. The van der Waals surface area contributed by atoms with E-state index in [1.807, 2.05) is 24.3 Å². The highest BCUT2D eigenvalue weighted by Crippen LogP contribution is 2.15. The van der Waals surface area contributed by atoms with Crippen molar-refractivity contribution in [3.8, 4) is 0 Å². The van der Waals surface area contributed by atoms with Gasteiger partial charge in [0.15, 0.2) is 0 Å². The Balaban J connectivity index is 2.81. The van der Waals surface area contributed by atoms with Crippen LogP contribution < -0.4 is 5.32 Å². The van der Waals surface area contributed by atoms with Crippen molar-refractivity contribution in [2.45, 2.75) is 13.0 Å². The molecule has 1 atom stereocenters. The van der Waals surface area contributed by atoms with Crippen LogP contribution in [0.15, 0.2) is 24.3 Å². The summed E-state index contributed by atoms with van der Waals surface area (Å²) in [5, 5.41) is 3.68. The van der Waals surface area contributed by atoms with E-state index in [0.717, 1.165) is 5.02 Å². The van der Waals surface area contributed by atoms with Crippen LogP contribution in [-0.4, -0.2) is 0 Å². The molecule has 2 heteroatoms. The van der Waals surface area contributed by atoms with Crippen LogP contribution in [0.1, 0.15) is 18.5 Å². The third kappa shape index (κ3) is 2.21. The second-order valence-electron chi connectivity index (χ2n) is 2.48. The minimum Gasteiger partial charge on any atom is -0.309 e. The van der Waals surface area contributed by atoms with Crippen LogP contribution in [0.4, 0.5) is 0 Å². The zero-order chi connectivity index (χ0) is 8.27. The summed E-state index contributed by atoms with van der Waals surface area (Å²) in [6, 6.07) is 8.03. The zero-order valence-electron chi connectivity index (χ0n) is 6.47. The summed E-state index contributed by atoms with van der Waals surface area (Å²) in [4.78, 5) is 0. The van der Waals surface area contributed by atoms with Crippen molar-refractivity contribution in [3.05, 3.63) is 41.9 Å². The smallest absolute Gasteiger partial charge is 0.0406 e. The topological polar surface area (TPSA) is 12.0 Å². The molecule has 0 spiro atoms. The molecule has 1 nitrogen and oxygen atoms in total. The van der Waals surface area contributed by atoms with Gasteiger partial charge in [0.2, 0.25) is 0 Å². The predicted octanol–water partition coefficient (Wildman–Crippen LogP) is 2.78. The summed E-state index contributed by atoms with van der Waals surface area (Å²) >= 11 is 5.72. The van der Waals surface area contributed by atoms with Crippen LogP contribution >= 0.6 is 11.6 Å². The summed E-state index contributed by atoms with van der Waals surface area (Å²) in [5.41, 5.74) is 1.20. The van der Waals surface area contributed by atoms with Gasteiger partial charge in [0.1, 0.15) is 0 Å². The molecule has 59 valence electrons. The molecule has 0 saturated carbocycles. The summed E-state index contributed by atoms with van der Waals surface area (Å²) in [5.74, 6) is 0. The van der Waals surface area contributed by atoms with Crippen molar-refractivity contribution >= 4 is 11.6 Å². The van der Waals surface area contributed by atoms with E-state index in [1.54, 1.807) is 0 Å². The Kier molecular flexibility index (Phi) is 2.92. The van der Waals surface area contributed by atoms with Gasteiger partial charge >= 0.3 is 0 Å². The Labute approximate surface area is 72.4 Å². The number of rotatable bonds is 2. The fourth-order valence-corrected chi connectivity index (χ4v) is 0.995. The molecule has 0 aliphatic rings. The molecule has 11 heavy (non-hydrogen) atoms. The molecule has 1 rings (SSSR count). The van der Waals surface area contributed by atoms with Crippen LogP contribution in [0.3, 0.4) is 0 Å². The van der Waals surface area contributed by atoms with E-state index in [-0.39, 0.29) is 6.04 Å². The minimum absolute atomic E-state index is 0.285. The molecule has 1 N–H and O–H groups in total. The zero-order valence-corrected chi connectivity index (χ0v) is 7.23. The van der Waals surface area contributed by atoms with E-state index in [9.17, 15) is 0 Å². The van der Waals surface area contributed by atoms with E-state index in [2.05, 4.69) is 19.3 Å². The molecule has 0 fully saturated rings. The molecule has 0 aliphatic carbocycles. The Hall–Kier alpha value is -0.530. The Morgan fingerprint density at radius 1 is 1.36 bits per heavy atom. The molecule has 1 radical (unpaired) electrons. The quantitative estimate of drug-likeness (QED) is 0.716. The minimum atomic E-state index is 0.285.